The molecule has 10 heteroatoms. The second kappa shape index (κ2) is 9.45. The number of carbonyl (C=O) groups is 2. The van der Waals surface area contributed by atoms with Crippen molar-refractivity contribution in [2.45, 2.75) is 39.8 Å². The van der Waals surface area contributed by atoms with Gasteiger partial charge in [-0.1, -0.05) is 29.8 Å². The van der Waals surface area contributed by atoms with Gasteiger partial charge in [0, 0.05) is 16.7 Å². The second-order valence-corrected chi connectivity index (χ2v) is 7.39. The molecule has 1 unspecified atom stereocenters. The third kappa shape index (κ3) is 5.49. The van der Waals surface area contributed by atoms with Crippen molar-refractivity contribution in [3.05, 3.63) is 34.6 Å². The first-order valence-electron chi connectivity index (χ1n) is 8.62. The number of halogens is 1. The van der Waals surface area contributed by atoms with Crippen LogP contribution in [-0.2, 0) is 11.3 Å². The van der Waals surface area contributed by atoms with Gasteiger partial charge in [-0.3, -0.25) is 9.69 Å². The molecule has 146 valence electrons. The summed E-state index contributed by atoms with van der Waals surface area (Å²) in [7, 11) is 0. The summed E-state index contributed by atoms with van der Waals surface area (Å²) in [6.07, 6.45) is -0.777. The first-order valence-corrected chi connectivity index (χ1v) is 9.41. The van der Waals surface area contributed by atoms with Gasteiger partial charge in [0.25, 0.3) is 0 Å². The van der Waals surface area contributed by atoms with E-state index < -0.39 is 12.1 Å². The molecule has 27 heavy (non-hydrogen) atoms. The van der Waals surface area contributed by atoms with Gasteiger partial charge in [0.15, 0.2) is 5.82 Å². The minimum Gasteiger partial charge on any atom is -0.465 e. The Labute approximate surface area is 165 Å². The predicted octanol–water partition coefficient (Wildman–Crippen LogP) is 2.91. The molecule has 2 rings (SSSR count). The quantitative estimate of drug-likeness (QED) is 0.654. The van der Waals surface area contributed by atoms with Crippen molar-refractivity contribution in [1.82, 2.24) is 25.5 Å². The fourth-order valence-electron chi connectivity index (χ4n) is 2.77. The number of tetrazole rings is 1. The summed E-state index contributed by atoms with van der Waals surface area (Å²) < 4.78 is 0.830. The number of aromatic nitrogens is 4. The van der Waals surface area contributed by atoms with Crippen LogP contribution in [0.2, 0.25) is 0 Å². The fraction of sp³-hybridized carbons (Fsp3) is 0.471. The van der Waals surface area contributed by atoms with Gasteiger partial charge < -0.3 is 10.0 Å². The van der Waals surface area contributed by atoms with Crippen LogP contribution in [0.25, 0.3) is 0 Å². The van der Waals surface area contributed by atoms with Crippen LogP contribution < -0.4 is 4.90 Å². The highest BCUT2D eigenvalue weighted by Crippen LogP contribution is 2.25. The number of hydrogen-bond donors (Lipinski definition) is 2. The molecule has 0 spiro atoms. The maximum absolute atomic E-state index is 13.3. The summed E-state index contributed by atoms with van der Waals surface area (Å²) in [6, 6.07) is 6.00. The summed E-state index contributed by atoms with van der Waals surface area (Å²) >= 11 is 3.34. The Balaban J connectivity index is 2.36. The van der Waals surface area contributed by atoms with E-state index in [-0.39, 0.29) is 18.4 Å². The lowest BCUT2D eigenvalue weighted by atomic mass is 10.0. The second-order valence-electron chi connectivity index (χ2n) is 6.47. The van der Waals surface area contributed by atoms with Crippen LogP contribution in [0.1, 0.15) is 33.0 Å². The average Bonchev–Trinajstić information content (AvgIpc) is 3.12. The summed E-state index contributed by atoms with van der Waals surface area (Å²) in [6.45, 7) is 6.34. The Bertz CT molecular complexity index is 751. The summed E-state index contributed by atoms with van der Waals surface area (Å²) in [5, 5.41) is 23.3. The molecule has 0 fully saturated rings. The van der Waals surface area contributed by atoms with Gasteiger partial charge in [-0.15, -0.1) is 5.10 Å². The van der Waals surface area contributed by atoms with Crippen LogP contribution in [0.4, 0.5) is 10.5 Å². The van der Waals surface area contributed by atoms with Crippen molar-refractivity contribution in [3.63, 3.8) is 0 Å². The number of carbonyl (C=O) groups excluding carboxylic acids is 1. The van der Waals surface area contributed by atoms with Crippen molar-refractivity contribution in [1.29, 1.82) is 0 Å². The molecule has 0 aliphatic heterocycles. The zero-order valence-electron chi connectivity index (χ0n) is 15.5. The number of H-pyrrole nitrogens is 1. The normalized spacial score (nSPS) is 12.0. The van der Waals surface area contributed by atoms with Gasteiger partial charge in [-0.25, -0.2) is 9.89 Å². The largest absolute Gasteiger partial charge is 0.465 e. The number of benzene rings is 1. The SMILES string of the molecule is CCN(Cc1nnn[nH]1)C(=O)C(CC(C)C)N(C(=O)O)c1ccc(Br)cc1. The first kappa shape index (κ1) is 20.8. The Morgan fingerprint density at radius 1 is 1.26 bits per heavy atom. The molecule has 0 saturated carbocycles. The lowest BCUT2D eigenvalue weighted by Crippen LogP contribution is -2.51. The molecule has 1 heterocycles. The van der Waals surface area contributed by atoms with E-state index in [1.54, 1.807) is 29.2 Å². The highest BCUT2D eigenvalue weighted by atomic mass is 79.9. The molecular weight excluding hydrogens is 416 g/mol. The number of amides is 2. The summed E-state index contributed by atoms with van der Waals surface area (Å²) in [4.78, 5) is 28.0. The Morgan fingerprint density at radius 3 is 2.41 bits per heavy atom. The number of anilines is 1. The molecule has 0 aliphatic carbocycles. The van der Waals surface area contributed by atoms with Crippen LogP contribution in [-0.4, -0.2) is 55.2 Å². The number of likely N-dealkylation sites (N-methyl/N-ethyl adjacent to an activating group) is 1. The Morgan fingerprint density at radius 2 is 1.93 bits per heavy atom. The van der Waals surface area contributed by atoms with Crippen molar-refractivity contribution in [2.24, 2.45) is 5.92 Å². The standard InChI is InChI=1S/C17H23BrN6O3/c1-4-23(10-15-19-21-22-20-15)16(25)14(9-11(2)3)24(17(26)27)13-7-5-12(18)6-8-13/h5-8,11,14H,4,9-10H2,1-3H3,(H,26,27)(H,19,20,21,22). The smallest absolute Gasteiger partial charge is 0.412 e. The number of aromatic amines is 1. The minimum absolute atomic E-state index is 0.127. The predicted molar refractivity (Wildman–Crippen MR) is 103 cm³/mol. The van der Waals surface area contributed by atoms with E-state index in [0.29, 0.717) is 24.5 Å². The lowest BCUT2D eigenvalue weighted by Gasteiger charge is -2.33. The highest BCUT2D eigenvalue weighted by molar-refractivity contribution is 9.10. The maximum atomic E-state index is 13.3. The molecule has 1 aromatic carbocycles. The van der Waals surface area contributed by atoms with Gasteiger partial charge in [-0.05, 0) is 54.0 Å². The van der Waals surface area contributed by atoms with E-state index in [0.717, 1.165) is 9.37 Å². The molecular formula is C17H23BrN6O3. The van der Waals surface area contributed by atoms with Gasteiger partial charge in [0.1, 0.15) is 6.04 Å². The van der Waals surface area contributed by atoms with E-state index in [9.17, 15) is 14.7 Å². The molecule has 0 saturated heterocycles. The Hall–Kier alpha value is -2.49. The van der Waals surface area contributed by atoms with Gasteiger partial charge in [-0.2, -0.15) is 0 Å². The van der Waals surface area contributed by atoms with Crippen molar-refractivity contribution < 1.29 is 14.7 Å². The fourth-order valence-corrected chi connectivity index (χ4v) is 3.04. The van der Waals surface area contributed by atoms with Gasteiger partial charge in [0.05, 0.1) is 6.54 Å². The molecule has 2 aromatic rings. The minimum atomic E-state index is -1.17. The topological polar surface area (TPSA) is 115 Å². The van der Waals surface area contributed by atoms with Crippen molar-refractivity contribution in [3.8, 4) is 0 Å². The first-order chi connectivity index (χ1) is 12.8. The summed E-state index contributed by atoms with van der Waals surface area (Å²) in [5.74, 6) is 0.286. The molecule has 9 nitrogen and oxygen atoms in total. The number of hydrogen-bond acceptors (Lipinski definition) is 5. The number of carboxylic acid groups (broad SMARTS) is 1. The zero-order valence-corrected chi connectivity index (χ0v) is 17.0. The van der Waals surface area contributed by atoms with Crippen molar-refractivity contribution in [2.75, 3.05) is 11.4 Å². The third-order valence-corrected chi connectivity index (χ3v) is 4.55. The molecule has 2 amide bonds. The average molecular weight is 439 g/mol. The van der Waals surface area contributed by atoms with Crippen LogP contribution in [0, 0.1) is 5.92 Å². The van der Waals surface area contributed by atoms with Crippen LogP contribution in [0.15, 0.2) is 28.7 Å². The zero-order chi connectivity index (χ0) is 20.0. The van der Waals surface area contributed by atoms with E-state index in [2.05, 4.69) is 36.6 Å². The van der Waals surface area contributed by atoms with Crippen molar-refractivity contribution >= 4 is 33.6 Å². The lowest BCUT2D eigenvalue weighted by molar-refractivity contribution is -0.133. The highest BCUT2D eigenvalue weighted by Gasteiger charge is 2.34. The molecule has 0 aliphatic rings. The summed E-state index contributed by atoms with van der Waals surface area (Å²) in [5.41, 5.74) is 0.446. The molecule has 1 atom stereocenters. The number of nitrogens with zero attached hydrogens (tertiary/aromatic N) is 5. The third-order valence-electron chi connectivity index (χ3n) is 4.03. The molecule has 0 radical (unpaired) electrons. The number of rotatable bonds is 8. The van der Waals surface area contributed by atoms with E-state index in [1.165, 1.54) is 0 Å². The van der Waals surface area contributed by atoms with Crippen LogP contribution >= 0.6 is 15.9 Å². The van der Waals surface area contributed by atoms with Crippen LogP contribution in [0.5, 0.6) is 0 Å². The van der Waals surface area contributed by atoms with Gasteiger partial charge in [0.2, 0.25) is 5.91 Å². The van der Waals surface area contributed by atoms with Crippen LogP contribution in [0.3, 0.4) is 0 Å². The Kier molecular flexibility index (Phi) is 7.28. The van der Waals surface area contributed by atoms with Gasteiger partial charge >= 0.3 is 6.09 Å². The maximum Gasteiger partial charge on any atom is 0.412 e. The molecule has 1 aromatic heterocycles. The number of nitrogens with one attached hydrogen (secondary N) is 1. The monoisotopic (exact) mass is 438 g/mol. The van der Waals surface area contributed by atoms with E-state index in [4.69, 9.17) is 0 Å². The van der Waals surface area contributed by atoms with E-state index in [1.807, 2.05) is 20.8 Å². The molecule has 2 N–H and O–H groups in total. The molecule has 0 bridgehead atoms. The van der Waals surface area contributed by atoms with E-state index >= 15 is 0 Å².